The fourth-order valence-corrected chi connectivity index (χ4v) is 3.77. The van der Waals surface area contributed by atoms with E-state index >= 15 is 0 Å². The van der Waals surface area contributed by atoms with Gasteiger partial charge < -0.3 is 14.8 Å². The second kappa shape index (κ2) is 7.30. The highest BCUT2D eigenvalue weighted by Gasteiger charge is 2.28. The number of carbonyl (C=O) groups is 2. The lowest BCUT2D eigenvalue weighted by molar-refractivity contribution is -0.134. The molecule has 1 N–H and O–H groups in total. The van der Waals surface area contributed by atoms with Gasteiger partial charge in [0.15, 0.2) is 0 Å². The molecule has 1 aromatic carbocycles. The minimum Gasteiger partial charge on any atom is -0.356 e. The van der Waals surface area contributed by atoms with Crippen LogP contribution in [0.2, 0.25) is 0 Å². The molecule has 5 heteroatoms. The lowest BCUT2D eigenvalue weighted by atomic mass is 9.94. The summed E-state index contributed by atoms with van der Waals surface area (Å²) in [6, 6.07) is 8.23. The molecule has 2 heterocycles. The number of benzene rings is 1. The van der Waals surface area contributed by atoms with Gasteiger partial charge in [0.2, 0.25) is 11.8 Å². The first-order valence-electron chi connectivity index (χ1n) is 9.04. The Bertz CT molecular complexity index is 772. The highest BCUT2D eigenvalue weighted by molar-refractivity contribution is 5.92. The highest BCUT2D eigenvalue weighted by atomic mass is 16.2. The number of rotatable bonds is 4. The summed E-state index contributed by atoms with van der Waals surface area (Å²) in [7, 11) is 2.02. The average molecular weight is 341 g/mol. The molecule has 0 spiro atoms. The van der Waals surface area contributed by atoms with Crippen LogP contribution in [0.4, 0.5) is 0 Å². The van der Waals surface area contributed by atoms with Crippen LogP contribution in [-0.4, -0.2) is 40.9 Å². The Kier molecular flexibility index (Phi) is 5.11. The van der Waals surface area contributed by atoms with Crippen molar-refractivity contribution in [2.75, 3.05) is 19.6 Å². The van der Waals surface area contributed by atoms with Gasteiger partial charge in [-0.25, -0.2) is 0 Å². The number of carbonyl (C=O) groups excluding carboxylic acids is 2. The number of aryl methyl sites for hydroxylation is 1. The van der Waals surface area contributed by atoms with Crippen LogP contribution in [0.15, 0.2) is 30.5 Å². The summed E-state index contributed by atoms with van der Waals surface area (Å²) >= 11 is 0. The van der Waals surface area contributed by atoms with Crippen LogP contribution >= 0.6 is 0 Å². The summed E-state index contributed by atoms with van der Waals surface area (Å²) in [5, 5.41) is 4.04. The predicted molar refractivity (Wildman–Crippen MR) is 99.3 cm³/mol. The number of nitrogens with one attached hydrogen (secondary N) is 1. The third-order valence-corrected chi connectivity index (χ3v) is 5.33. The molecule has 3 rings (SSSR count). The van der Waals surface area contributed by atoms with Crippen molar-refractivity contribution in [3.8, 4) is 0 Å². The van der Waals surface area contributed by atoms with E-state index < -0.39 is 0 Å². The van der Waals surface area contributed by atoms with Gasteiger partial charge in [-0.2, -0.15) is 0 Å². The number of para-hydroxylation sites is 1. The van der Waals surface area contributed by atoms with Crippen LogP contribution < -0.4 is 5.32 Å². The Morgan fingerprint density at radius 1 is 1.24 bits per heavy atom. The maximum Gasteiger partial charge on any atom is 0.229 e. The topological polar surface area (TPSA) is 54.3 Å². The standard InChI is InChI=1S/C20H27N3O2/c1-14(18-13-22(3)19-7-5-4-6-17(18)19)20(25)23-10-8-16(9-11-23)12-21-15(2)24/h4-7,13-14,16H,8-12H2,1-3H3,(H,21,24). The maximum absolute atomic E-state index is 13.0. The van der Waals surface area contributed by atoms with E-state index in [9.17, 15) is 9.59 Å². The molecule has 2 aromatic rings. The first-order chi connectivity index (χ1) is 12.0. The molecule has 25 heavy (non-hydrogen) atoms. The normalized spacial score (nSPS) is 16.8. The van der Waals surface area contributed by atoms with Gasteiger partial charge >= 0.3 is 0 Å². The molecule has 1 aliphatic rings. The number of piperidine rings is 1. The average Bonchev–Trinajstić information content (AvgIpc) is 2.96. The van der Waals surface area contributed by atoms with Crippen LogP contribution in [0.1, 0.15) is 38.2 Å². The zero-order chi connectivity index (χ0) is 18.0. The van der Waals surface area contributed by atoms with Gasteiger partial charge in [0.25, 0.3) is 0 Å². The van der Waals surface area contributed by atoms with Crippen molar-refractivity contribution in [1.82, 2.24) is 14.8 Å². The van der Waals surface area contributed by atoms with Gasteiger partial charge in [-0.15, -0.1) is 0 Å². The van der Waals surface area contributed by atoms with Crippen molar-refractivity contribution in [2.45, 2.75) is 32.6 Å². The Hall–Kier alpha value is -2.30. The molecule has 0 radical (unpaired) electrons. The van der Waals surface area contributed by atoms with Crippen LogP contribution in [0.5, 0.6) is 0 Å². The molecule has 1 aromatic heterocycles. The number of amides is 2. The molecular formula is C20H27N3O2. The monoisotopic (exact) mass is 341 g/mol. The Balaban J connectivity index is 1.66. The molecule has 1 fully saturated rings. The summed E-state index contributed by atoms with van der Waals surface area (Å²) in [6.45, 7) is 5.82. The van der Waals surface area contributed by atoms with E-state index in [-0.39, 0.29) is 17.7 Å². The fourth-order valence-electron chi connectivity index (χ4n) is 3.77. The van der Waals surface area contributed by atoms with Gasteiger partial charge in [0.1, 0.15) is 0 Å². The van der Waals surface area contributed by atoms with Crippen molar-refractivity contribution in [3.05, 3.63) is 36.0 Å². The lowest BCUT2D eigenvalue weighted by Crippen LogP contribution is -2.42. The molecule has 1 aliphatic heterocycles. The van der Waals surface area contributed by atoms with Crippen molar-refractivity contribution in [3.63, 3.8) is 0 Å². The number of aromatic nitrogens is 1. The third kappa shape index (κ3) is 3.70. The molecule has 2 amide bonds. The van der Waals surface area contributed by atoms with Crippen molar-refractivity contribution < 1.29 is 9.59 Å². The number of hydrogen-bond donors (Lipinski definition) is 1. The SMILES string of the molecule is CC(=O)NCC1CCN(C(=O)C(C)c2cn(C)c3ccccc23)CC1. The first kappa shape index (κ1) is 17.5. The van der Waals surface area contributed by atoms with Crippen molar-refractivity contribution >= 4 is 22.7 Å². The largest absolute Gasteiger partial charge is 0.356 e. The third-order valence-electron chi connectivity index (χ3n) is 5.33. The molecule has 1 saturated heterocycles. The van der Waals surface area contributed by atoms with Crippen LogP contribution in [0.3, 0.4) is 0 Å². The zero-order valence-electron chi connectivity index (χ0n) is 15.3. The van der Waals surface area contributed by atoms with Crippen molar-refractivity contribution in [1.29, 1.82) is 0 Å². The summed E-state index contributed by atoms with van der Waals surface area (Å²) in [5.74, 6) is 0.552. The molecule has 0 saturated carbocycles. The first-order valence-corrected chi connectivity index (χ1v) is 9.04. The fraction of sp³-hybridized carbons (Fsp3) is 0.500. The zero-order valence-corrected chi connectivity index (χ0v) is 15.3. The lowest BCUT2D eigenvalue weighted by Gasteiger charge is -2.33. The number of hydrogen-bond acceptors (Lipinski definition) is 2. The second-order valence-corrected chi connectivity index (χ2v) is 7.14. The van der Waals surface area contributed by atoms with E-state index in [4.69, 9.17) is 0 Å². The summed E-state index contributed by atoms with van der Waals surface area (Å²) in [4.78, 5) is 26.0. The maximum atomic E-state index is 13.0. The molecular weight excluding hydrogens is 314 g/mol. The Morgan fingerprint density at radius 2 is 1.92 bits per heavy atom. The molecule has 1 atom stereocenters. The number of nitrogens with zero attached hydrogens (tertiary/aromatic N) is 2. The van der Waals surface area contributed by atoms with Crippen LogP contribution in [-0.2, 0) is 16.6 Å². The van der Waals surface area contributed by atoms with Gasteiger partial charge in [-0.3, -0.25) is 9.59 Å². The molecule has 0 bridgehead atoms. The van der Waals surface area contributed by atoms with E-state index in [1.54, 1.807) is 6.92 Å². The minimum atomic E-state index is -0.141. The highest BCUT2D eigenvalue weighted by Crippen LogP contribution is 2.29. The smallest absolute Gasteiger partial charge is 0.229 e. The molecule has 5 nitrogen and oxygen atoms in total. The second-order valence-electron chi connectivity index (χ2n) is 7.14. The van der Waals surface area contributed by atoms with E-state index in [1.807, 2.05) is 31.0 Å². The van der Waals surface area contributed by atoms with E-state index in [1.165, 1.54) is 0 Å². The minimum absolute atomic E-state index is 0.0167. The van der Waals surface area contributed by atoms with E-state index in [0.29, 0.717) is 5.92 Å². The summed E-state index contributed by atoms with van der Waals surface area (Å²) < 4.78 is 2.09. The number of likely N-dealkylation sites (tertiary alicyclic amines) is 1. The summed E-state index contributed by atoms with van der Waals surface area (Å²) in [5.41, 5.74) is 2.26. The quantitative estimate of drug-likeness (QED) is 0.929. The van der Waals surface area contributed by atoms with Crippen LogP contribution in [0.25, 0.3) is 10.9 Å². The Labute approximate surface area is 149 Å². The van der Waals surface area contributed by atoms with Gasteiger partial charge in [-0.05, 0) is 37.3 Å². The Morgan fingerprint density at radius 3 is 2.60 bits per heavy atom. The summed E-state index contributed by atoms with van der Waals surface area (Å²) in [6.07, 6.45) is 3.99. The molecule has 1 unspecified atom stereocenters. The predicted octanol–water partition coefficient (Wildman–Crippen LogP) is 2.66. The molecule has 0 aliphatic carbocycles. The molecule has 134 valence electrons. The van der Waals surface area contributed by atoms with Gasteiger partial charge in [0, 0.05) is 50.7 Å². The number of fused-ring (bicyclic) bond motifs is 1. The van der Waals surface area contributed by atoms with Crippen molar-refractivity contribution in [2.24, 2.45) is 13.0 Å². The van der Waals surface area contributed by atoms with E-state index in [2.05, 4.69) is 28.2 Å². The van der Waals surface area contributed by atoms with E-state index in [0.717, 1.165) is 48.9 Å². The van der Waals surface area contributed by atoms with Crippen LogP contribution in [0, 0.1) is 5.92 Å². The van der Waals surface area contributed by atoms with Gasteiger partial charge in [0.05, 0.1) is 5.92 Å². The van der Waals surface area contributed by atoms with Gasteiger partial charge in [-0.1, -0.05) is 18.2 Å².